The number of hydrogen-bond acceptors (Lipinski definition) is 7. The molecule has 5 rings (SSSR count). The van der Waals surface area contributed by atoms with Crippen LogP contribution in [0.4, 0.5) is 22.0 Å². The van der Waals surface area contributed by atoms with Crippen molar-refractivity contribution in [1.82, 2.24) is 14.9 Å². The number of fused-ring (bicyclic) bond motifs is 2. The number of benzene rings is 3. The van der Waals surface area contributed by atoms with E-state index in [2.05, 4.69) is 19.8 Å². The summed E-state index contributed by atoms with van der Waals surface area (Å²) in [7, 11) is -4.11. The maximum atomic E-state index is 13.9. The summed E-state index contributed by atoms with van der Waals surface area (Å²) in [5.41, 5.74) is 0.207. The van der Waals surface area contributed by atoms with Crippen LogP contribution in [0.5, 0.6) is 11.5 Å². The fourth-order valence-corrected chi connectivity index (χ4v) is 5.57. The Bertz CT molecular complexity index is 1860. The van der Waals surface area contributed by atoms with Crippen LogP contribution in [0.15, 0.2) is 65.6 Å². The lowest BCUT2D eigenvalue weighted by Crippen LogP contribution is -2.27. The van der Waals surface area contributed by atoms with Crippen LogP contribution in [-0.4, -0.2) is 46.5 Å². The van der Waals surface area contributed by atoms with Crippen molar-refractivity contribution in [2.45, 2.75) is 42.6 Å². The Balaban J connectivity index is 1.37. The average molecular weight is 626 g/mol. The number of halogens is 5. The first-order chi connectivity index (χ1) is 20.1. The van der Waals surface area contributed by atoms with E-state index in [1.807, 2.05) is 0 Å². The minimum Gasteiger partial charge on any atom is -0.480 e. The van der Waals surface area contributed by atoms with Gasteiger partial charge in [0.25, 0.3) is 5.91 Å². The summed E-state index contributed by atoms with van der Waals surface area (Å²) in [5, 5.41) is 9.91. The molecular weight excluding hydrogens is 605 g/mol. The number of rotatable bonds is 8. The third kappa shape index (κ3) is 5.82. The number of carboxylic acid groups (broad SMARTS) is 1. The molecule has 43 heavy (non-hydrogen) atoms. The first-order valence-electron chi connectivity index (χ1n) is 12.4. The second kappa shape index (κ2) is 10.5. The predicted octanol–water partition coefficient (Wildman–Crippen LogP) is 4.60. The topological polar surface area (TPSA) is 137 Å². The van der Waals surface area contributed by atoms with Gasteiger partial charge in [-0.25, -0.2) is 13.4 Å². The van der Waals surface area contributed by atoms with E-state index in [1.54, 1.807) is 0 Å². The number of alkyl halides is 5. The van der Waals surface area contributed by atoms with Gasteiger partial charge in [-0.1, -0.05) is 24.3 Å². The number of para-hydroxylation sites is 1. The van der Waals surface area contributed by atoms with Crippen molar-refractivity contribution in [2.24, 2.45) is 0 Å². The normalized spacial score (nSPS) is 14.9. The van der Waals surface area contributed by atoms with Crippen LogP contribution < -0.4 is 14.8 Å². The Kier molecular flexibility index (Phi) is 7.28. The van der Waals surface area contributed by atoms with Crippen LogP contribution in [0.3, 0.4) is 0 Å². The summed E-state index contributed by atoms with van der Waals surface area (Å²) in [5.74, 6) is -4.23. The molecule has 1 atom stereocenters. The molecule has 2 heterocycles. The number of aromatic nitrogens is 2. The van der Waals surface area contributed by atoms with Gasteiger partial charge in [-0.2, -0.15) is 13.2 Å². The Morgan fingerprint density at radius 1 is 1.07 bits per heavy atom. The molecule has 0 saturated heterocycles. The highest BCUT2D eigenvalue weighted by Crippen LogP contribution is 2.44. The largest absolute Gasteiger partial charge is 0.586 e. The molecule has 0 spiro atoms. The highest BCUT2D eigenvalue weighted by Gasteiger charge is 2.45. The van der Waals surface area contributed by atoms with Crippen molar-refractivity contribution in [3.63, 3.8) is 0 Å². The van der Waals surface area contributed by atoms with E-state index in [9.17, 15) is 40.0 Å². The SMILES string of the molecule is CC(C(=O)O)S(=O)(=O)c1ccc(CNC(=O)c2ccc3c(c2)nc(C(F)(F)F)n3Cc2cccc3c2OC(F)(F)O3)cc1. The third-order valence-corrected chi connectivity index (χ3v) is 8.68. The summed E-state index contributed by atoms with van der Waals surface area (Å²) in [6.07, 6.45) is -8.90. The number of nitrogens with one attached hydrogen (secondary N) is 1. The lowest BCUT2D eigenvalue weighted by molar-refractivity contribution is -0.287. The van der Waals surface area contributed by atoms with Gasteiger partial charge >= 0.3 is 18.4 Å². The summed E-state index contributed by atoms with van der Waals surface area (Å²) in [6, 6.07) is 12.7. The van der Waals surface area contributed by atoms with E-state index >= 15 is 0 Å². The maximum Gasteiger partial charge on any atom is 0.586 e. The molecule has 1 amide bonds. The zero-order valence-corrected chi connectivity index (χ0v) is 22.7. The standard InChI is InChI=1S/C27H20F5N3O7S/c1-14(24(37)38)43(39,40)18-8-5-15(6-9-18)12-33-23(36)16-7-10-20-19(11-16)34-25(26(28,29)30)35(20)13-17-3-2-4-21-22(17)42-27(31,32)41-21/h2-11,14H,12-13H2,1H3,(H,33,36)(H,37,38). The smallest absolute Gasteiger partial charge is 0.480 e. The number of imidazole rings is 1. The van der Waals surface area contributed by atoms with Crippen LogP contribution in [0, 0.1) is 0 Å². The molecule has 0 radical (unpaired) electrons. The average Bonchev–Trinajstić information content (AvgIpc) is 3.47. The number of carboxylic acids is 1. The predicted molar refractivity (Wildman–Crippen MR) is 138 cm³/mol. The Morgan fingerprint density at radius 2 is 1.77 bits per heavy atom. The molecule has 1 aromatic heterocycles. The number of amides is 1. The Morgan fingerprint density at radius 3 is 2.42 bits per heavy atom. The second-order valence-corrected chi connectivity index (χ2v) is 11.8. The van der Waals surface area contributed by atoms with Crippen molar-refractivity contribution in [2.75, 3.05) is 0 Å². The van der Waals surface area contributed by atoms with E-state index in [0.717, 1.165) is 17.6 Å². The van der Waals surface area contributed by atoms with Crippen LogP contribution >= 0.6 is 0 Å². The maximum absolute atomic E-state index is 13.9. The van der Waals surface area contributed by atoms with Gasteiger partial charge in [0.1, 0.15) is 0 Å². The van der Waals surface area contributed by atoms with Gasteiger partial charge in [0.05, 0.1) is 22.5 Å². The molecule has 1 unspecified atom stereocenters. The number of hydrogen-bond donors (Lipinski definition) is 2. The van der Waals surface area contributed by atoms with Gasteiger partial charge in [0, 0.05) is 17.7 Å². The first-order valence-corrected chi connectivity index (χ1v) is 13.9. The number of carbonyl (C=O) groups excluding carboxylic acids is 1. The van der Waals surface area contributed by atoms with E-state index < -0.39 is 57.6 Å². The molecular formula is C27H20F5N3O7S. The highest BCUT2D eigenvalue weighted by molar-refractivity contribution is 7.92. The van der Waals surface area contributed by atoms with E-state index in [-0.39, 0.29) is 39.4 Å². The minimum atomic E-state index is -4.93. The van der Waals surface area contributed by atoms with E-state index in [0.29, 0.717) is 5.56 Å². The minimum absolute atomic E-state index is 0.0162. The first kappa shape index (κ1) is 29.8. The zero-order chi connectivity index (χ0) is 31.3. The molecule has 0 aliphatic carbocycles. The number of carbonyl (C=O) groups is 2. The molecule has 4 aromatic rings. The molecule has 0 fully saturated rings. The van der Waals surface area contributed by atoms with Gasteiger partial charge in [-0.05, 0) is 48.9 Å². The number of ether oxygens (including phenoxy) is 2. The van der Waals surface area contributed by atoms with Crippen LogP contribution in [0.2, 0.25) is 0 Å². The Labute approximate surface area is 239 Å². The fourth-order valence-electron chi connectivity index (χ4n) is 4.39. The zero-order valence-electron chi connectivity index (χ0n) is 21.9. The molecule has 0 saturated carbocycles. The molecule has 2 N–H and O–H groups in total. The monoisotopic (exact) mass is 625 g/mol. The highest BCUT2D eigenvalue weighted by atomic mass is 32.2. The quantitative estimate of drug-likeness (QED) is 0.271. The van der Waals surface area contributed by atoms with Crippen molar-refractivity contribution >= 4 is 32.7 Å². The molecule has 1 aliphatic rings. The van der Waals surface area contributed by atoms with Crippen LogP contribution in [-0.2, 0) is 33.9 Å². The van der Waals surface area contributed by atoms with Gasteiger partial charge in [-0.3, -0.25) is 9.59 Å². The molecule has 16 heteroatoms. The second-order valence-electron chi connectivity index (χ2n) is 9.49. The summed E-state index contributed by atoms with van der Waals surface area (Å²) < 4.78 is 103. The molecule has 0 bridgehead atoms. The number of nitrogens with zero attached hydrogens (tertiary/aromatic N) is 2. The molecule has 1 aliphatic heterocycles. The van der Waals surface area contributed by atoms with Gasteiger partial charge < -0.3 is 24.5 Å². The third-order valence-electron chi connectivity index (χ3n) is 6.62. The van der Waals surface area contributed by atoms with Crippen molar-refractivity contribution in [3.05, 3.63) is 83.2 Å². The molecule has 3 aromatic carbocycles. The summed E-state index contributed by atoms with van der Waals surface area (Å²) in [4.78, 5) is 27.3. The van der Waals surface area contributed by atoms with Gasteiger partial charge in [0.15, 0.2) is 26.6 Å². The lowest BCUT2D eigenvalue weighted by atomic mass is 10.1. The van der Waals surface area contributed by atoms with E-state index in [1.165, 1.54) is 54.6 Å². The number of sulfone groups is 1. The Hall–Kier alpha value is -4.73. The fraction of sp³-hybridized carbons (Fsp3) is 0.222. The van der Waals surface area contributed by atoms with Crippen LogP contribution in [0.25, 0.3) is 11.0 Å². The molecule has 10 nitrogen and oxygen atoms in total. The molecule has 226 valence electrons. The summed E-state index contributed by atoms with van der Waals surface area (Å²) in [6.45, 7) is 0.414. The van der Waals surface area contributed by atoms with Crippen LogP contribution in [0.1, 0.15) is 34.2 Å². The van der Waals surface area contributed by atoms with Gasteiger partial charge in [0.2, 0.25) is 5.82 Å². The van der Waals surface area contributed by atoms with Crippen molar-refractivity contribution < 1.29 is 54.5 Å². The number of aliphatic carboxylic acids is 1. The van der Waals surface area contributed by atoms with E-state index in [4.69, 9.17) is 5.11 Å². The lowest BCUT2D eigenvalue weighted by Gasteiger charge is -2.13. The summed E-state index contributed by atoms with van der Waals surface area (Å²) >= 11 is 0. The van der Waals surface area contributed by atoms with Crippen molar-refractivity contribution in [1.29, 1.82) is 0 Å². The van der Waals surface area contributed by atoms with Crippen molar-refractivity contribution in [3.8, 4) is 11.5 Å². The van der Waals surface area contributed by atoms with Gasteiger partial charge in [-0.15, -0.1) is 8.78 Å².